The van der Waals surface area contributed by atoms with Crippen LogP contribution in [0, 0.1) is 5.92 Å². The Morgan fingerprint density at radius 2 is 1.56 bits per heavy atom. The average molecular weight is 361 g/mol. The molecule has 0 N–H and O–H groups in total. The van der Waals surface area contributed by atoms with Crippen molar-refractivity contribution in [2.45, 2.75) is 19.3 Å². The third-order valence-electron chi connectivity index (χ3n) is 5.79. The predicted octanol–water partition coefficient (Wildman–Crippen LogP) is 4.47. The van der Waals surface area contributed by atoms with Crippen molar-refractivity contribution in [2.24, 2.45) is 5.92 Å². The molecule has 140 valence electrons. The minimum atomic E-state index is 0.162. The Morgan fingerprint density at radius 3 is 2.22 bits per heavy atom. The van der Waals surface area contributed by atoms with Crippen molar-refractivity contribution in [2.75, 3.05) is 32.7 Å². The van der Waals surface area contributed by atoms with E-state index >= 15 is 0 Å². The van der Waals surface area contributed by atoms with Gasteiger partial charge in [-0.05, 0) is 48.4 Å². The van der Waals surface area contributed by atoms with Crippen LogP contribution in [0.4, 0.5) is 0 Å². The summed E-state index contributed by atoms with van der Waals surface area (Å²) in [6.07, 6.45) is 8.38. The summed E-state index contributed by atoms with van der Waals surface area (Å²) >= 11 is 0. The molecule has 0 unspecified atom stereocenters. The highest BCUT2D eigenvalue weighted by Crippen LogP contribution is 2.22. The van der Waals surface area contributed by atoms with Crippen molar-refractivity contribution >= 4 is 5.91 Å². The molecule has 3 nitrogen and oxygen atoms in total. The van der Waals surface area contributed by atoms with E-state index in [1.807, 2.05) is 35.2 Å². The molecule has 0 aromatic heterocycles. The van der Waals surface area contributed by atoms with Crippen LogP contribution < -0.4 is 0 Å². The third-order valence-corrected chi connectivity index (χ3v) is 5.79. The lowest BCUT2D eigenvalue weighted by molar-refractivity contribution is 0.0614. The van der Waals surface area contributed by atoms with Crippen molar-refractivity contribution in [3.05, 3.63) is 72.3 Å². The van der Waals surface area contributed by atoms with Crippen molar-refractivity contribution in [3.63, 3.8) is 0 Å². The van der Waals surface area contributed by atoms with Crippen LogP contribution in [0.5, 0.6) is 0 Å². The van der Waals surface area contributed by atoms with E-state index in [0.29, 0.717) is 0 Å². The summed E-state index contributed by atoms with van der Waals surface area (Å²) in [5.41, 5.74) is 3.13. The van der Waals surface area contributed by atoms with Crippen LogP contribution in [0.3, 0.4) is 0 Å². The highest BCUT2D eigenvalue weighted by atomic mass is 16.2. The van der Waals surface area contributed by atoms with Crippen molar-refractivity contribution in [1.29, 1.82) is 0 Å². The number of nitrogens with zero attached hydrogens (tertiary/aromatic N) is 2. The Hall–Kier alpha value is -2.39. The van der Waals surface area contributed by atoms with Crippen LogP contribution >= 0.6 is 0 Å². The van der Waals surface area contributed by atoms with Gasteiger partial charge in [0.2, 0.25) is 0 Å². The molecule has 27 heavy (non-hydrogen) atoms. The highest BCUT2D eigenvalue weighted by Gasteiger charge is 2.24. The number of hydrogen-bond acceptors (Lipinski definition) is 2. The Bertz CT molecular complexity index is 774. The third kappa shape index (κ3) is 4.48. The van der Waals surface area contributed by atoms with Gasteiger partial charge >= 0.3 is 0 Å². The fraction of sp³-hybridized carbons (Fsp3) is 0.375. The van der Waals surface area contributed by atoms with Crippen molar-refractivity contribution in [3.8, 4) is 11.1 Å². The maximum atomic E-state index is 12.8. The van der Waals surface area contributed by atoms with Gasteiger partial charge in [0, 0.05) is 38.3 Å². The molecule has 1 aliphatic heterocycles. The van der Waals surface area contributed by atoms with Crippen LogP contribution in [-0.4, -0.2) is 48.4 Å². The second-order valence-electron chi connectivity index (χ2n) is 7.69. The lowest BCUT2D eigenvalue weighted by atomic mass is 9.94. The first-order valence-corrected chi connectivity index (χ1v) is 10.1. The van der Waals surface area contributed by atoms with Gasteiger partial charge in [0.1, 0.15) is 0 Å². The molecule has 1 atom stereocenters. The van der Waals surface area contributed by atoms with Gasteiger partial charge in [0.25, 0.3) is 5.91 Å². The molecule has 2 aromatic rings. The number of allylic oxidation sites excluding steroid dienone is 2. The number of benzene rings is 2. The molecule has 1 heterocycles. The van der Waals surface area contributed by atoms with Gasteiger partial charge in [-0.25, -0.2) is 0 Å². The first-order chi connectivity index (χ1) is 13.3. The quantitative estimate of drug-likeness (QED) is 0.751. The summed E-state index contributed by atoms with van der Waals surface area (Å²) < 4.78 is 0. The fourth-order valence-electron chi connectivity index (χ4n) is 4.14. The van der Waals surface area contributed by atoms with Gasteiger partial charge in [0.05, 0.1) is 0 Å². The topological polar surface area (TPSA) is 23.6 Å². The Balaban J connectivity index is 1.32. The summed E-state index contributed by atoms with van der Waals surface area (Å²) in [6.45, 7) is 4.84. The van der Waals surface area contributed by atoms with Gasteiger partial charge < -0.3 is 4.90 Å². The summed E-state index contributed by atoms with van der Waals surface area (Å²) in [4.78, 5) is 17.4. The zero-order chi connectivity index (χ0) is 18.5. The second-order valence-corrected chi connectivity index (χ2v) is 7.69. The molecule has 0 radical (unpaired) electrons. The van der Waals surface area contributed by atoms with E-state index in [1.54, 1.807) is 0 Å². The number of piperazine rings is 1. The molecule has 1 fully saturated rings. The number of hydrogen-bond donors (Lipinski definition) is 0. The van der Waals surface area contributed by atoms with E-state index in [0.717, 1.165) is 43.2 Å². The molecule has 1 amide bonds. The van der Waals surface area contributed by atoms with Crippen LogP contribution in [0.1, 0.15) is 29.6 Å². The Kier molecular flexibility index (Phi) is 5.69. The van der Waals surface area contributed by atoms with Gasteiger partial charge in [-0.2, -0.15) is 0 Å². The standard InChI is InChI=1S/C24H28N2O/c27-24(23-13-11-22(12-14-23)21-9-5-2-6-10-21)26-17-15-25(16-18-26)19-20-7-3-1-4-8-20/h1-3,5-6,9-14,20H,4,7-8,15-19H2/t20-/m1/s1. The molecular formula is C24H28N2O. The summed E-state index contributed by atoms with van der Waals surface area (Å²) in [6, 6.07) is 18.3. The Morgan fingerprint density at radius 1 is 0.852 bits per heavy atom. The van der Waals surface area contributed by atoms with Gasteiger partial charge in [-0.15, -0.1) is 0 Å². The lowest BCUT2D eigenvalue weighted by Gasteiger charge is -2.36. The van der Waals surface area contributed by atoms with Gasteiger partial charge in [0.15, 0.2) is 0 Å². The van der Waals surface area contributed by atoms with Crippen LogP contribution in [0.25, 0.3) is 11.1 Å². The van der Waals surface area contributed by atoms with Crippen LogP contribution in [0.2, 0.25) is 0 Å². The second kappa shape index (κ2) is 8.53. The minimum Gasteiger partial charge on any atom is -0.336 e. The molecule has 1 saturated heterocycles. The number of carbonyl (C=O) groups excluding carboxylic acids is 1. The molecule has 0 spiro atoms. The van der Waals surface area contributed by atoms with E-state index in [9.17, 15) is 4.79 Å². The smallest absolute Gasteiger partial charge is 0.253 e. The number of amides is 1. The molecule has 1 aliphatic carbocycles. The SMILES string of the molecule is O=C(c1ccc(-c2ccccc2)cc1)N1CCN(C[C@@H]2CC=CCC2)CC1. The summed E-state index contributed by atoms with van der Waals surface area (Å²) in [7, 11) is 0. The van der Waals surface area contributed by atoms with Gasteiger partial charge in [-0.3, -0.25) is 9.69 Å². The van der Waals surface area contributed by atoms with Crippen molar-refractivity contribution in [1.82, 2.24) is 9.80 Å². The van der Waals surface area contributed by atoms with E-state index in [-0.39, 0.29) is 5.91 Å². The van der Waals surface area contributed by atoms with Crippen molar-refractivity contribution < 1.29 is 4.79 Å². The normalized spacial score (nSPS) is 20.6. The van der Waals surface area contributed by atoms with E-state index < -0.39 is 0 Å². The zero-order valence-corrected chi connectivity index (χ0v) is 15.9. The first-order valence-electron chi connectivity index (χ1n) is 10.1. The monoisotopic (exact) mass is 360 g/mol. The largest absolute Gasteiger partial charge is 0.336 e. The Labute approximate surface area is 162 Å². The number of rotatable bonds is 4. The molecular weight excluding hydrogens is 332 g/mol. The summed E-state index contributed by atoms with van der Waals surface area (Å²) in [5, 5.41) is 0. The van der Waals surface area contributed by atoms with E-state index in [4.69, 9.17) is 0 Å². The maximum absolute atomic E-state index is 12.8. The fourth-order valence-corrected chi connectivity index (χ4v) is 4.14. The lowest BCUT2D eigenvalue weighted by Crippen LogP contribution is -2.49. The number of carbonyl (C=O) groups is 1. The van der Waals surface area contributed by atoms with Crippen LogP contribution in [-0.2, 0) is 0 Å². The molecule has 0 bridgehead atoms. The maximum Gasteiger partial charge on any atom is 0.253 e. The molecule has 0 saturated carbocycles. The molecule has 2 aliphatic rings. The predicted molar refractivity (Wildman–Crippen MR) is 111 cm³/mol. The van der Waals surface area contributed by atoms with E-state index in [1.165, 1.54) is 31.4 Å². The first kappa shape index (κ1) is 18.0. The van der Waals surface area contributed by atoms with E-state index in [2.05, 4.69) is 41.3 Å². The van der Waals surface area contributed by atoms with Crippen LogP contribution in [0.15, 0.2) is 66.7 Å². The van der Waals surface area contributed by atoms with Gasteiger partial charge in [-0.1, -0.05) is 54.6 Å². The summed E-state index contributed by atoms with van der Waals surface area (Å²) in [5.74, 6) is 0.956. The molecule has 3 heteroatoms. The highest BCUT2D eigenvalue weighted by molar-refractivity contribution is 5.94. The average Bonchev–Trinajstić information content (AvgIpc) is 2.75. The molecule has 4 rings (SSSR count). The minimum absolute atomic E-state index is 0.162. The molecule has 2 aromatic carbocycles. The zero-order valence-electron chi connectivity index (χ0n) is 15.9.